The zero-order chi connectivity index (χ0) is 20.9. The van der Waals surface area contributed by atoms with E-state index in [4.69, 9.17) is 0 Å². The van der Waals surface area contributed by atoms with Gasteiger partial charge in [0.05, 0.1) is 0 Å². The molecular formula is C30H23N. The lowest BCUT2D eigenvalue weighted by Gasteiger charge is -2.15. The summed E-state index contributed by atoms with van der Waals surface area (Å²) in [7, 11) is 0. The molecule has 0 unspecified atom stereocenters. The third-order valence-electron chi connectivity index (χ3n) is 6.51. The van der Waals surface area contributed by atoms with Crippen LogP contribution in [0.25, 0.3) is 48.9 Å². The molecule has 0 saturated carbocycles. The first-order chi connectivity index (χ1) is 15.3. The minimum absolute atomic E-state index is 0.957. The van der Waals surface area contributed by atoms with Gasteiger partial charge in [-0.05, 0) is 69.4 Å². The lowest BCUT2D eigenvalue weighted by atomic mass is 9.89. The van der Waals surface area contributed by atoms with Crippen LogP contribution in [0.1, 0.15) is 18.1 Å². The Kier molecular flexibility index (Phi) is 3.97. The molecule has 6 rings (SSSR count). The summed E-state index contributed by atoms with van der Waals surface area (Å²) in [6.45, 7) is 7.77. The number of aryl methyl sites for hydroxylation is 1. The Bertz CT molecular complexity index is 1580. The molecule has 148 valence electrons. The molecule has 0 saturated heterocycles. The van der Waals surface area contributed by atoms with Crippen LogP contribution in [0.15, 0.2) is 104 Å². The van der Waals surface area contributed by atoms with Crippen LogP contribution in [0.5, 0.6) is 0 Å². The molecule has 0 fully saturated rings. The largest absolute Gasteiger partial charge is 0.341 e. The molecule has 1 aromatic heterocycles. The van der Waals surface area contributed by atoms with E-state index in [1.807, 2.05) is 0 Å². The zero-order valence-corrected chi connectivity index (χ0v) is 17.6. The lowest BCUT2D eigenvalue weighted by Crippen LogP contribution is -1.94. The molecule has 0 aliphatic rings. The molecule has 0 bridgehead atoms. The van der Waals surface area contributed by atoms with Crippen LogP contribution >= 0.6 is 0 Å². The van der Waals surface area contributed by atoms with Gasteiger partial charge in [-0.25, -0.2) is 0 Å². The van der Waals surface area contributed by atoms with Gasteiger partial charge in [0.1, 0.15) is 0 Å². The topological polar surface area (TPSA) is 4.93 Å². The Morgan fingerprint density at radius 2 is 1.23 bits per heavy atom. The van der Waals surface area contributed by atoms with E-state index >= 15 is 0 Å². The molecule has 6 aromatic rings. The number of rotatable bonds is 3. The van der Waals surface area contributed by atoms with Gasteiger partial charge in [-0.1, -0.05) is 79.4 Å². The van der Waals surface area contributed by atoms with Crippen molar-refractivity contribution in [2.24, 2.45) is 0 Å². The number of benzene rings is 5. The first-order valence-corrected chi connectivity index (χ1v) is 10.9. The summed E-state index contributed by atoms with van der Waals surface area (Å²) >= 11 is 0. The average Bonchev–Trinajstić information content (AvgIpc) is 3.15. The van der Waals surface area contributed by atoms with Gasteiger partial charge in [0, 0.05) is 28.4 Å². The number of fused-ring (bicyclic) bond motifs is 5. The number of hydrogen-bond acceptors (Lipinski definition) is 0. The zero-order valence-electron chi connectivity index (χ0n) is 17.6. The van der Waals surface area contributed by atoms with Crippen LogP contribution in [0, 0.1) is 0 Å². The highest BCUT2D eigenvalue weighted by Crippen LogP contribution is 2.38. The number of aromatic nitrogens is 1. The van der Waals surface area contributed by atoms with Crippen molar-refractivity contribution in [1.29, 1.82) is 0 Å². The van der Waals surface area contributed by atoms with Crippen molar-refractivity contribution in [2.45, 2.75) is 13.5 Å². The molecule has 1 heteroatoms. The molecule has 5 aromatic carbocycles. The van der Waals surface area contributed by atoms with Crippen LogP contribution in [0.2, 0.25) is 0 Å². The van der Waals surface area contributed by atoms with E-state index < -0.39 is 0 Å². The van der Waals surface area contributed by atoms with E-state index in [2.05, 4.69) is 115 Å². The van der Waals surface area contributed by atoms with Crippen LogP contribution < -0.4 is 0 Å². The Balaban J connectivity index is 1.65. The maximum absolute atomic E-state index is 4.60. The lowest BCUT2D eigenvalue weighted by molar-refractivity contribution is 0.827. The number of para-hydroxylation sites is 1. The number of hydrogen-bond donors (Lipinski definition) is 0. The monoisotopic (exact) mass is 397 g/mol. The molecule has 0 amide bonds. The predicted molar refractivity (Wildman–Crippen MR) is 135 cm³/mol. The Morgan fingerprint density at radius 3 is 1.90 bits per heavy atom. The van der Waals surface area contributed by atoms with Gasteiger partial charge < -0.3 is 4.57 Å². The Morgan fingerprint density at radius 1 is 0.645 bits per heavy atom. The molecule has 0 N–H and O–H groups in total. The van der Waals surface area contributed by atoms with E-state index in [9.17, 15) is 0 Å². The third-order valence-corrected chi connectivity index (χ3v) is 6.51. The fraction of sp³-hybridized carbons (Fsp3) is 0.0667. The third kappa shape index (κ3) is 2.63. The highest BCUT2D eigenvalue weighted by atomic mass is 15.0. The summed E-state index contributed by atoms with van der Waals surface area (Å²) < 4.78 is 2.39. The molecule has 1 heterocycles. The van der Waals surface area contributed by atoms with Crippen LogP contribution in [-0.2, 0) is 6.54 Å². The second kappa shape index (κ2) is 6.85. The molecule has 0 radical (unpaired) electrons. The highest BCUT2D eigenvalue weighted by molar-refractivity contribution is 6.13. The van der Waals surface area contributed by atoms with Gasteiger partial charge in [0.2, 0.25) is 0 Å². The van der Waals surface area contributed by atoms with Crippen LogP contribution in [0.4, 0.5) is 0 Å². The fourth-order valence-electron chi connectivity index (χ4n) is 5.07. The van der Waals surface area contributed by atoms with Crippen LogP contribution in [-0.4, -0.2) is 4.57 Å². The first kappa shape index (κ1) is 18.0. The smallest absolute Gasteiger partial charge is 0.0491 e. The summed E-state index contributed by atoms with van der Waals surface area (Å²) in [5, 5.41) is 7.60. The molecule has 0 aliphatic carbocycles. The first-order valence-electron chi connectivity index (χ1n) is 10.9. The minimum Gasteiger partial charge on any atom is -0.341 e. The standard InChI is InChI=1S/C30H23N/c1-3-31-28-15-9-8-14-26(28)27-19-21(16-17-29(27)31)20(2)30-24-12-6-4-10-22(24)18-23-11-5-7-13-25(23)30/h4-19H,2-3H2,1H3. The van der Waals surface area contributed by atoms with E-state index in [1.54, 1.807) is 0 Å². The molecule has 1 nitrogen and oxygen atoms in total. The van der Waals surface area contributed by atoms with Crippen LogP contribution in [0.3, 0.4) is 0 Å². The maximum Gasteiger partial charge on any atom is 0.0491 e. The van der Waals surface area contributed by atoms with Crippen molar-refractivity contribution >= 4 is 48.9 Å². The van der Waals surface area contributed by atoms with Crippen molar-refractivity contribution in [3.63, 3.8) is 0 Å². The van der Waals surface area contributed by atoms with Crippen molar-refractivity contribution in [2.75, 3.05) is 0 Å². The average molecular weight is 398 g/mol. The van der Waals surface area contributed by atoms with Gasteiger partial charge in [0.25, 0.3) is 0 Å². The van der Waals surface area contributed by atoms with Gasteiger partial charge in [-0.15, -0.1) is 0 Å². The second-order valence-electron chi connectivity index (χ2n) is 8.17. The van der Waals surface area contributed by atoms with Gasteiger partial charge in [-0.2, -0.15) is 0 Å². The molecule has 0 atom stereocenters. The molecule has 0 aliphatic heterocycles. The summed E-state index contributed by atoms with van der Waals surface area (Å²) in [6, 6.07) is 35.0. The minimum atomic E-state index is 0.957. The van der Waals surface area contributed by atoms with Gasteiger partial charge >= 0.3 is 0 Å². The Labute approximate surface area is 181 Å². The molecule has 31 heavy (non-hydrogen) atoms. The summed E-state index contributed by atoms with van der Waals surface area (Å²) in [5.41, 5.74) is 6.05. The molecule has 0 spiro atoms. The quantitative estimate of drug-likeness (QED) is 0.265. The predicted octanol–water partition coefficient (Wildman–Crippen LogP) is 8.18. The Hall–Kier alpha value is -3.84. The van der Waals surface area contributed by atoms with Crippen molar-refractivity contribution < 1.29 is 0 Å². The van der Waals surface area contributed by atoms with E-state index in [0.717, 1.165) is 12.1 Å². The van der Waals surface area contributed by atoms with Crippen molar-refractivity contribution in [3.8, 4) is 0 Å². The normalized spacial score (nSPS) is 11.6. The van der Waals surface area contributed by atoms with Gasteiger partial charge in [0.15, 0.2) is 0 Å². The van der Waals surface area contributed by atoms with Gasteiger partial charge in [-0.3, -0.25) is 0 Å². The van der Waals surface area contributed by atoms with Crippen molar-refractivity contribution in [3.05, 3.63) is 115 Å². The van der Waals surface area contributed by atoms with E-state index in [1.165, 1.54) is 54.5 Å². The maximum atomic E-state index is 4.60. The summed E-state index contributed by atoms with van der Waals surface area (Å²) in [6.07, 6.45) is 0. The summed E-state index contributed by atoms with van der Waals surface area (Å²) in [5.74, 6) is 0. The SMILES string of the molecule is C=C(c1ccc2c(c1)c1ccccc1n2CC)c1c2ccccc2cc2ccccc12. The van der Waals surface area contributed by atoms with E-state index in [-0.39, 0.29) is 0 Å². The summed E-state index contributed by atoms with van der Waals surface area (Å²) in [4.78, 5) is 0. The highest BCUT2D eigenvalue weighted by Gasteiger charge is 2.15. The fourth-order valence-corrected chi connectivity index (χ4v) is 5.07. The number of nitrogens with zero attached hydrogens (tertiary/aromatic N) is 1. The van der Waals surface area contributed by atoms with E-state index in [0.29, 0.717) is 0 Å². The molecular weight excluding hydrogens is 374 g/mol. The van der Waals surface area contributed by atoms with Crippen molar-refractivity contribution in [1.82, 2.24) is 4.57 Å². The second-order valence-corrected chi connectivity index (χ2v) is 8.17.